The Bertz CT molecular complexity index is 1030. The molecule has 0 aliphatic carbocycles. The molecule has 1 atom stereocenters. The number of fused-ring (bicyclic) bond motifs is 2. The van der Waals surface area contributed by atoms with Crippen LogP contribution in [0.3, 0.4) is 0 Å². The predicted octanol–water partition coefficient (Wildman–Crippen LogP) is 4.54. The maximum atomic E-state index is 12.9. The maximum Gasteiger partial charge on any atom is 0.197 e. The highest BCUT2D eigenvalue weighted by Gasteiger charge is 2.21. The van der Waals surface area contributed by atoms with E-state index in [1.54, 1.807) is 6.26 Å². The van der Waals surface area contributed by atoms with Gasteiger partial charge in [0, 0.05) is 35.8 Å². The second kappa shape index (κ2) is 6.78. The molecule has 26 heavy (non-hydrogen) atoms. The molecular formula is C21H20ClNO3. The van der Waals surface area contributed by atoms with Crippen molar-refractivity contribution in [3.05, 3.63) is 74.6 Å². The number of halogens is 1. The third kappa shape index (κ3) is 3.35. The second-order valence-corrected chi connectivity index (χ2v) is 7.38. The number of aryl methyl sites for hydroxylation is 1. The normalized spacial score (nSPS) is 17.6. The van der Waals surface area contributed by atoms with Crippen LogP contribution in [-0.4, -0.2) is 17.5 Å². The largest absolute Gasteiger partial charge is 0.489 e. The molecule has 4 rings (SSSR count). The zero-order chi connectivity index (χ0) is 18.3. The second-order valence-electron chi connectivity index (χ2n) is 6.94. The smallest absolute Gasteiger partial charge is 0.197 e. The molecule has 0 saturated carbocycles. The van der Waals surface area contributed by atoms with E-state index in [0.717, 1.165) is 23.4 Å². The van der Waals surface area contributed by atoms with Gasteiger partial charge < -0.3 is 9.15 Å². The van der Waals surface area contributed by atoms with Crippen LogP contribution in [0.2, 0.25) is 5.02 Å². The van der Waals surface area contributed by atoms with Gasteiger partial charge in [-0.2, -0.15) is 0 Å². The number of rotatable bonds is 2. The van der Waals surface area contributed by atoms with E-state index in [9.17, 15) is 4.79 Å². The lowest BCUT2D eigenvalue weighted by Gasteiger charge is -2.21. The van der Waals surface area contributed by atoms with E-state index >= 15 is 0 Å². The fourth-order valence-electron chi connectivity index (χ4n) is 3.47. The van der Waals surface area contributed by atoms with Gasteiger partial charge in [-0.05, 0) is 44.2 Å². The van der Waals surface area contributed by atoms with Gasteiger partial charge in [-0.1, -0.05) is 23.2 Å². The first-order chi connectivity index (χ1) is 12.5. The van der Waals surface area contributed by atoms with Gasteiger partial charge in [0.2, 0.25) is 0 Å². The van der Waals surface area contributed by atoms with E-state index in [0.29, 0.717) is 34.6 Å². The molecule has 2 heterocycles. The molecule has 5 heteroatoms. The molecule has 0 radical (unpaired) electrons. The first-order valence-corrected chi connectivity index (χ1v) is 9.06. The average Bonchev–Trinajstić information content (AvgIpc) is 2.75. The van der Waals surface area contributed by atoms with Crippen LogP contribution in [0.5, 0.6) is 5.75 Å². The van der Waals surface area contributed by atoms with Gasteiger partial charge in [0.1, 0.15) is 17.4 Å². The first-order valence-electron chi connectivity index (χ1n) is 8.68. The van der Waals surface area contributed by atoms with E-state index in [2.05, 4.69) is 4.90 Å². The van der Waals surface area contributed by atoms with Crippen LogP contribution in [-0.2, 0) is 13.1 Å². The summed E-state index contributed by atoms with van der Waals surface area (Å²) in [5.41, 5.74) is 3.37. The minimum Gasteiger partial charge on any atom is -0.489 e. The van der Waals surface area contributed by atoms with Crippen LogP contribution in [0, 0.1) is 6.92 Å². The van der Waals surface area contributed by atoms with Gasteiger partial charge in [0.25, 0.3) is 0 Å². The number of benzene rings is 2. The summed E-state index contributed by atoms with van der Waals surface area (Å²) in [5, 5.41) is 1.31. The summed E-state index contributed by atoms with van der Waals surface area (Å²) in [6.07, 6.45) is 1.60. The summed E-state index contributed by atoms with van der Waals surface area (Å²) in [7, 11) is 0. The fourth-order valence-corrected chi connectivity index (χ4v) is 3.66. The Morgan fingerprint density at radius 1 is 1.23 bits per heavy atom. The standard InChI is InChI=1S/C21H20ClNO3/c1-13-3-5-20-18(7-13)21(24)16(12-25-20)11-23-9-14(2)26-19-6-4-17(22)8-15(19)10-23/h3-8,12,14H,9-11H2,1-2H3. The Labute approximate surface area is 156 Å². The molecule has 0 spiro atoms. The third-order valence-corrected chi connectivity index (χ3v) is 4.89. The van der Waals surface area contributed by atoms with Gasteiger partial charge in [0.05, 0.1) is 11.6 Å². The molecule has 0 saturated heterocycles. The Morgan fingerprint density at radius 2 is 2.08 bits per heavy atom. The van der Waals surface area contributed by atoms with Gasteiger partial charge in [-0.3, -0.25) is 9.69 Å². The lowest BCUT2D eigenvalue weighted by molar-refractivity contribution is 0.155. The van der Waals surface area contributed by atoms with Crippen molar-refractivity contribution < 1.29 is 9.15 Å². The van der Waals surface area contributed by atoms with Gasteiger partial charge in [0.15, 0.2) is 5.43 Å². The SMILES string of the molecule is Cc1ccc2occ(CN3Cc4cc(Cl)ccc4OC(C)C3)c(=O)c2c1. The summed E-state index contributed by atoms with van der Waals surface area (Å²) in [5.74, 6) is 0.852. The summed E-state index contributed by atoms with van der Waals surface area (Å²) in [6, 6.07) is 11.3. The maximum absolute atomic E-state index is 12.9. The fraction of sp³-hybridized carbons (Fsp3) is 0.286. The van der Waals surface area contributed by atoms with Crippen LogP contribution in [0.15, 0.2) is 51.9 Å². The minimum atomic E-state index is 0.0205. The number of ether oxygens (including phenoxy) is 1. The van der Waals surface area contributed by atoms with Crippen molar-refractivity contribution in [3.63, 3.8) is 0 Å². The van der Waals surface area contributed by atoms with Crippen molar-refractivity contribution in [1.29, 1.82) is 0 Å². The van der Waals surface area contributed by atoms with Gasteiger partial charge in [-0.15, -0.1) is 0 Å². The summed E-state index contributed by atoms with van der Waals surface area (Å²) < 4.78 is 11.7. The summed E-state index contributed by atoms with van der Waals surface area (Å²) in [4.78, 5) is 15.1. The zero-order valence-corrected chi connectivity index (χ0v) is 15.5. The van der Waals surface area contributed by atoms with Crippen LogP contribution < -0.4 is 10.2 Å². The van der Waals surface area contributed by atoms with E-state index in [4.69, 9.17) is 20.8 Å². The molecule has 1 aliphatic heterocycles. The molecule has 0 amide bonds. The highest BCUT2D eigenvalue weighted by Crippen LogP contribution is 2.28. The molecular weight excluding hydrogens is 350 g/mol. The number of hydrogen-bond donors (Lipinski definition) is 0. The number of nitrogens with zero attached hydrogens (tertiary/aromatic N) is 1. The minimum absolute atomic E-state index is 0.0205. The highest BCUT2D eigenvalue weighted by molar-refractivity contribution is 6.30. The van der Waals surface area contributed by atoms with Crippen molar-refractivity contribution in [2.24, 2.45) is 0 Å². The molecule has 4 nitrogen and oxygen atoms in total. The molecule has 0 fully saturated rings. The predicted molar refractivity (Wildman–Crippen MR) is 103 cm³/mol. The molecule has 1 aliphatic rings. The summed E-state index contributed by atoms with van der Waals surface area (Å²) in [6.45, 7) is 5.90. The topological polar surface area (TPSA) is 42.7 Å². The molecule has 0 N–H and O–H groups in total. The first kappa shape index (κ1) is 17.1. The van der Waals surface area contributed by atoms with Gasteiger partial charge >= 0.3 is 0 Å². The molecule has 0 bridgehead atoms. The Kier molecular flexibility index (Phi) is 4.47. The van der Waals surface area contributed by atoms with Crippen LogP contribution in [0.4, 0.5) is 0 Å². The molecule has 134 valence electrons. The van der Waals surface area contributed by atoms with Crippen LogP contribution in [0.25, 0.3) is 11.0 Å². The zero-order valence-electron chi connectivity index (χ0n) is 14.8. The van der Waals surface area contributed by atoms with E-state index < -0.39 is 0 Å². The van der Waals surface area contributed by atoms with Crippen LogP contribution >= 0.6 is 11.6 Å². The van der Waals surface area contributed by atoms with Crippen molar-refractivity contribution in [2.45, 2.75) is 33.0 Å². The van der Waals surface area contributed by atoms with E-state index in [-0.39, 0.29) is 11.5 Å². The van der Waals surface area contributed by atoms with Crippen molar-refractivity contribution in [2.75, 3.05) is 6.54 Å². The Morgan fingerprint density at radius 3 is 2.92 bits per heavy atom. The molecule has 2 aromatic carbocycles. The number of hydrogen-bond acceptors (Lipinski definition) is 4. The highest BCUT2D eigenvalue weighted by atomic mass is 35.5. The lowest BCUT2D eigenvalue weighted by atomic mass is 10.1. The van der Waals surface area contributed by atoms with Crippen molar-refractivity contribution >= 4 is 22.6 Å². The average molecular weight is 370 g/mol. The van der Waals surface area contributed by atoms with Crippen LogP contribution in [0.1, 0.15) is 23.6 Å². The molecule has 1 unspecified atom stereocenters. The van der Waals surface area contributed by atoms with Crippen molar-refractivity contribution in [3.8, 4) is 5.75 Å². The van der Waals surface area contributed by atoms with Crippen molar-refractivity contribution in [1.82, 2.24) is 4.90 Å². The quantitative estimate of drug-likeness (QED) is 0.665. The lowest BCUT2D eigenvalue weighted by Crippen LogP contribution is -2.32. The summed E-state index contributed by atoms with van der Waals surface area (Å²) >= 11 is 6.14. The molecule has 1 aromatic heterocycles. The third-order valence-electron chi connectivity index (χ3n) is 4.65. The van der Waals surface area contributed by atoms with Gasteiger partial charge in [-0.25, -0.2) is 0 Å². The monoisotopic (exact) mass is 369 g/mol. The van der Waals surface area contributed by atoms with E-state index in [1.807, 2.05) is 50.2 Å². The Hall–Kier alpha value is -2.30. The Balaban J connectivity index is 1.67. The van der Waals surface area contributed by atoms with E-state index in [1.165, 1.54) is 0 Å². The molecule has 3 aromatic rings.